The molecule has 3 nitrogen and oxygen atoms in total. The number of aryl methyl sites for hydroxylation is 1. The van der Waals surface area contributed by atoms with Crippen molar-refractivity contribution in [2.24, 2.45) is 0 Å². The van der Waals surface area contributed by atoms with E-state index >= 15 is 0 Å². The van der Waals surface area contributed by atoms with E-state index in [1.807, 2.05) is 6.92 Å². The quantitative estimate of drug-likeness (QED) is 0.818. The Morgan fingerprint density at radius 1 is 1.53 bits per heavy atom. The number of alkyl halides is 2. The average molecular weight is 290 g/mol. The Bertz CT molecular complexity index is 478. The van der Waals surface area contributed by atoms with Crippen molar-refractivity contribution >= 4 is 23.6 Å². The van der Waals surface area contributed by atoms with Crippen molar-refractivity contribution < 1.29 is 18.7 Å². The molecule has 0 spiro atoms. The van der Waals surface area contributed by atoms with Gasteiger partial charge in [0.25, 0.3) is 6.43 Å². The van der Waals surface area contributed by atoms with Crippen LogP contribution < -0.4 is 5.32 Å². The minimum atomic E-state index is -2.87. The van der Waals surface area contributed by atoms with E-state index in [1.54, 1.807) is 18.2 Å². The summed E-state index contributed by atoms with van der Waals surface area (Å²) in [4.78, 5) is 11.3. The number of benzene rings is 1. The molecule has 0 saturated heterocycles. The first-order chi connectivity index (χ1) is 8.90. The Labute approximate surface area is 114 Å². The SMILES string of the molecule is Cc1ccc(/C=C/C(=O)NCC(O)C(F)F)cc1Cl. The summed E-state index contributed by atoms with van der Waals surface area (Å²) in [6.45, 7) is 1.36. The predicted molar refractivity (Wildman–Crippen MR) is 70.2 cm³/mol. The van der Waals surface area contributed by atoms with Gasteiger partial charge in [-0.15, -0.1) is 0 Å². The van der Waals surface area contributed by atoms with Crippen LogP contribution in [0.4, 0.5) is 8.78 Å². The maximum absolute atomic E-state index is 12.0. The molecule has 1 atom stereocenters. The molecule has 1 rings (SSSR count). The van der Waals surface area contributed by atoms with Crippen molar-refractivity contribution in [2.45, 2.75) is 19.5 Å². The molecule has 0 aliphatic carbocycles. The Balaban J connectivity index is 2.52. The summed E-state index contributed by atoms with van der Waals surface area (Å²) in [7, 11) is 0. The minimum absolute atomic E-state index is 0.491. The zero-order valence-corrected chi connectivity index (χ0v) is 11.0. The second-order valence-corrected chi connectivity index (χ2v) is 4.40. The number of carbonyl (C=O) groups excluding carboxylic acids is 1. The number of hydrogen-bond acceptors (Lipinski definition) is 2. The Morgan fingerprint density at radius 2 is 2.21 bits per heavy atom. The molecule has 0 fully saturated rings. The third kappa shape index (κ3) is 5.36. The van der Waals surface area contributed by atoms with Gasteiger partial charge < -0.3 is 10.4 Å². The summed E-state index contributed by atoms with van der Waals surface area (Å²) in [5, 5.41) is 11.6. The minimum Gasteiger partial charge on any atom is -0.385 e. The number of nitrogens with one attached hydrogen (secondary N) is 1. The molecule has 6 heteroatoms. The highest BCUT2D eigenvalue weighted by molar-refractivity contribution is 6.31. The second kappa shape index (κ2) is 7.21. The van der Waals surface area contributed by atoms with Crippen LogP contribution in [0.2, 0.25) is 5.02 Å². The molecule has 1 aromatic carbocycles. The van der Waals surface area contributed by atoms with Crippen LogP contribution in [-0.4, -0.2) is 30.1 Å². The van der Waals surface area contributed by atoms with Crippen LogP contribution >= 0.6 is 11.6 Å². The molecule has 0 aromatic heterocycles. The number of halogens is 3. The van der Waals surface area contributed by atoms with Crippen molar-refractivity contribution in [1.82, 2.24) is 5.32 Å². The number of amides is 1. The summed E-state index contributed by atoms with van der Waals surface area (Å²) < 4.78 is 24.0. The van der Waals surface area contributed by atoms with E-state index in [0.717, 1.165) is 11.1 Å². The van der Waals surface area contributed by atoms with Crippen LogP contribution in [0.5, 0.6) is 0 Å². The van der Waals surface area contributed by atoms with Crippen molar-refractivity contribution in [3.8, 4) is 0 Å². The molecule has 0 radical (unpaired) electrons. The van der Waals surface area contributed by atoms with Gasteiger partial charge in [0.05, 0.1) is 0 Å². The largest absolute Gasteiger partial charge is 0.385 e. The molecule has 0 aliphatic heterocycles. The van der Waals surface area contributed by atoms with Crippen LogP contribution in [0.3, 0.4) is 0 Å². The van der Waals surface area contributed by atoms with Crippen molar-refractivity contribution in [3.63, 3.8) is 0 Å². The molecule has 19 heavy (non-hydrogen) atoms. The number of aliphatic hydroxyl groups is 1. The number of aliphatic hydroxyl groups excluding tert-OH is 1. The molecule has 0 saturated carbocycles. The van der Waals surface area contributed by atoms with E-state index in [9.17, 15) is 13.6 Å². The molecular weight excluding hydrogens is 276 g/mol. The summed E-state index contributed by atoms with van der Waals surface area (Å²) in [6, 6.07) is 5.27. The van der Waals surface area contributed by atoms with Gasteiger partial charge in [-0.1, -0.05) is 23.7 Å². The average Bonchev–Trinajstić information content (AvgIpc) is 2.37. The fourth-order valence-electron chi connectivity index (χ4n) is 1.24. The van der Waals surface area contributed by atoms with E-state index in [4.69, 9.17) is 16.7 Å². The lowest BCUT2D eigenvalue weighted by molar-refractivity contribution is -0.117. The lowest BCUT2D eigenvalue weighted by Crippen LogP contribution is -2.34. The van der Waals surface area contributed by atoms with Gasteiger partial charge in [0, 0.05) is 17.6 Å². The topological polar surface area (TPSA) is 49.3 Å². The smallest absolute Gasteiger partial charge is 0.265 e. The standard InChI is InChI=1S/C13H14ClF2NO2/c1-8-2-3-9(6-10(8)14)4-5-12(19)17-7-11(18)13(15)16/h2-6,11,13,18H,7H2,1H3,(H,17,19)/b5-4+. The summed E-state index contributed by atoms with van der Waals surface area (Å²) in [5.74, 6) is -0.559. The van der Waals surface area contributed by atoms with Gasteiger partial charge in [0.15, 0.2) is 0 Å². The highest BCUT2D eigenvalue weighted by Crippen LogP contribution is 2.17. The van der Waals surface area contributed by atoms with Gasteiger partial charge in [-0.3, -0.25) is 4.79 Å². The Hall–Kier alpha value is -1.46. The van der Waals surface area contributed by atoms with Crippen LogP contribution in [0, 0.1) is 6.92 Å². The molecule has 1 aromatic rings. The van der Waals surface area contributed by atoms with Gasteiger partial charge in [-0.25, -0.2) is 8.78 Å². The van der Waals surface area contributed by atoms with Crippen LogP contribution in [0.15, 0.2) is 24.3 Å². The maximum atomic E-state index is 12.0. The van der Waals surface area contributed by atoms with E-state index in [2.05, 4.69) is 5.32 Å². The van der Waals surface area contributed by atoms with Crippen molar-refractivity contribution in [1.29, 1.82) is 0 Å². The number of hydrogen-bond donors (Lipinski definition) is 2. The number of carbonyl (C=O) groups is 1. The molecule has 0 heterocycles. The fraction of sp³-hybridized carbons (Fsp3) is 0.308. The van der Waals surface area contributed by atoms with E-state index in [1.165, 1.54) is 12.2 Å². The monoisotopic (exact) mass is 289 g/mol. The van der Waals surface area contributed by atoms with Gasteiger partial charge in [0.1, 0.15) is 6.10 Å². The molecule has 1 amide bonds. The second-order valence-electron chi connectivity index (χ2n) is 3.99. The predicted octanol–water partition coefficient (Wildman–Crippen LogP) is 2.40. The molecule has 0 aliphatic rings. The fourth-order valence-corrected chi connectivity index (χ4v) is 1.43. The van der Waals surface area contributed by atoms with Crippen LogP contribution in [0.1, 0.15) is 11.1 Å². The lowest BCUT2D eigenvalue weighted by Gasteiger charge is -2.08. The third-order valence-electron chi connectivity index (χ3n) is 2.40. The van der Waals surface area contributed by atoms with E-state index in [0.29, 0.717) is 5.02 Å². The first kappa shape index (κ1) is 15.6. The highest BCUT2D eigenvalue weighted by Gasteiger charge is 2.16. The first-order valence-electron chi connectivity index (χ1n) is 5.58. The van der Waals surface area contributed by atoms with E-state index < -0.39 is 25.0 Å². The van der Waals surface area contributed by atoms with Gasteiger partial charge in [0.2, 0.25) is 5.91 Å². The molecule has 0 bridgehead atoms. The summed E-state index contributed by atoms with van der Waals surface area (Å²) >= 11 is 5.92. The third-order valence-corrected chi connectivity index (χ3v) is 2.81. The van der Waals surface area contributed by atoms with Crippen molar-refractivity contribution in [2.75, 3.05) is 6.54 Å². The van der Waals surface area contributed by atoms with Crippen molar-refractivity contribution in [3.05, 3.63) is 40.4 Å². The normalized spacial score (nSPS) is 12.9. The number of rotatable bonds is 5. The molecule has 2 N–H and O–H groups in total. The zero-order chi connectivity index (χ0) is 14.4. The Kier molecular flexibility index (Phi) is 5.92. The summed E-state index contributed by atoms with van der Waals surface area (Å²) in [5.41, 5.74) is 1.64. The lowest BCUT2D eigenvalue weighted by atomic mass is 10.1. The molecule has 104 valence electrons. The van der Waals surface area contributed by atoms with Gasteiger partial charge >= 0.3 is 0 Å². The maximum Gasteiger partial charge on any atom is 0.265 e. The first-order valence-corrected chi connectivity index (χ1v) is 5.96. The molecular formula is C13H14ClF2NO2. The molecule has 1 unspecified atom stereocenters. The zero-order valence-electron chi connectivity index (χ0n) is 10.2. The van der Waals surface area contributed by atoms with Crippen LogP contribution in [-0.2, 0) is 4.79 Å². The Morgan fingerprint density at radius 3 is 2.79 bits per heavy atom. The highest BCUT2D eigenvalue weighted by atomic mass is 35.5. The van der Waals surface area contributed by atoms with E-state index in [-0.39, 0.29) is 0 Å². The van der Waals surface area contributed by atoms with Gasteiger partial charge in [-0.2, -0.15) is 0 Å². The van der Waals surface area contributed by atoms with Gasteiger partial charge in [-0.05, 0) is 30.2 Å². The summed E-state index contributed by atoms with van der Waals surface area (Å²) in [6.07, 6.45) is -2.03. The van der Waals surface area contributed by atoms with Crippen LogP contribution in [0.25, 0.3) is 6.08 Å².